The zero-order valence-corrected chi connectivity index (χ0v) is 11.6. The van der Waals surface area contributed by atoms with Gasteiger partial charge in [0.1, 0.15) is 0 Å². The molecule has 1 fully saturated rings. The van der Waals surface area contributed by atoms with Crippen molar-refractivity contribution in [2.75, 3.05) is 6.54 Å². The Balaban J connectivity index is 1.76. The molecular weight excluding hydrogens is 320 g/mol. The molecule has 2 nitrogen and oxygen atoms in total. The normalized spacial score (nSPS) is 15.6. The number of hydrogen-bond donors (Lipinski definition) is 1. The summed E-state index contributed by atoms with van der Waals surface area (Å²) in [6.07, 6.45) is 6.01. The highest BCUT2D eigenvalue weighted by molar-refractivity contribution is 9.11. The number of pyridine rings is 1. The average molecular weight is 334 g/mol. The third-order valence-corrected chi connectivity index (χ3v) is 3.72. The molecule has 1 aliphatic rings. The van der Waals surface area contributed by atoms with Crippen LogP contribution in [0.1, 0.15) is 25.0 Å². The van der Waals surface area contributed by atoms with Crippen LogP contribution >= 0.6 is 31.9 Å². The van der Waals surface area contributed by atoms with Crippen molar-refractivity contribution in [2.45, 2.75) is 25.8 Å². The van der Waals surface area contributed by atoms with Crippen LogP contribution in [0.3, 0.4) is 0 Å². The molecule has 4 heteroatoms. The minimum atomic E-state index is 0.848. The van der Waals surface area contributed by atoms with Gasteiger partial charge in [-0.2, -0.15) is 0 Å². The minimum Gasteiger partial charge on any atom is -0.311 e. The first-order valence-corrected chi connectivity index (χ1v) is 6.85. The van der Waals surface area contributed by atoms with E-state index in [1.165, 1.54) is 19.3 Å². The Labute approximate surface area is 107 Å². The molecule has 15 heavy (non-hydrogen) atoms. The maximum Gasteiger partial charge on any atom is 0.0684 e. The fraction of sp³-hybridized carbons (Fsp3) is 0.545. The summed E-state index contributed by atoms with van der Waals surface area (Å²) in [4.78, 5) is 4.35. The van der Waals surface area contributed by atoms with Gasteiger partial charge in [0.15, 0.2) is 0 Å². The van der Waals surface area contributed by atoms with Crippen molar-refractivity contribution in [2.24, 2.45) is 5.92 Å². The molecule has 1 aliphatic carbocycles. The van der Waals surface area contributed by atoms with E-state index in [2.05, 4.69) is 42.2 Å². The molecule has 0 radical (unpaired) electrons. The number of nitrogens with one attached hydrogen (secondary N) is 1. The lowest BCUT2D eigenvalue weighted by Gasteiger charge is -2.05. The van der Waals surface area contributed by atoms with E-state index in [0.29, 0.717) is 0 Å². The summed E-state index contributed by atoms with van der Waals surface area (Å²) in [6.45, 7) is 1.95. The van der Waals surface area contributed by atoms with Crippen LogP contribution in [-0.4, -0.2) is 11.5 Å². The Morgan fingerprint density at radius 2 is 2.20 bits per heavy atom. The molecule has 2 rings (SSSR count). The predicted octanol–water partition coefficient (Wildman–Crippen LogP) is 3.50. The van der Waals surface area contributed by atoms with Crippen molar-refractivity contribution in [3.05, 3.63) is 26.9 Å². The molecule has 0 atom stereocenters. The van der Waals surface area contributed by atoms with Gasteiger partial charge < -0.3 is 5.32 Å². The van der Waals surface area contributed by atoms with E-state index in [1.54, 1.807) is 0 Å². The highest BCUT2D eigenvalue weighted by Gasteiger charge is 2.19. The number of rotatable bonds is 5. The second kappa shape index (κ2) is 5.41. The molecule has 1 aromatic rings. The molecule has 0 amide bonds. The Morgan fingerprint density at radius 3 is 2.87 bits per heavy atom. The lowest BCUT2D eigenvalue weighted by molar-refractivity contribution is 0.605. The van der Waals surface area contributed by atoms with Gasteiger partial charge in [0.25, 0.3) is 0 Å². The fourth-order valence-corrected chi connectivity index (χ4v) is 2.62. The second-order valence-electron chi connectivity index (χ2n) is 3.99. The topological polar surface area (TPSA) is 24.9 Å². The summed E-state index contributed by atoms with van der Waals surface area (Å²) < 4.78 is 2.08. The zero-order chi connectivity index (χ0) is 10.7. The zero-order valence-electron chi connectivity index (χ0n) is 8.47. The molecule has 1 aromatic heterocycles. The van der Waals surface area contributed by atoms with Gasteiger partial charge in [0.05, 0.1) is 5.69 Å². The quantitative estimate of drug-likeness (QED) is 0.834. The van der Waals surface area contributed by atoms with Crippen molar-refractivity contribution in [1.82, 2.24) is 10.3 Å². The summed E-state index contributed by atoms with van der Waals surface area (Å²) in [6, 6.07) is 2.03. The SMILES string of the molecule is Brc1cnc(CNCCC2CC2)c(Br)c1. The Hall–Kier alpha value is 0.0700. The van der Waals surface area contributed by atoms with Gasteiger partial charge in [0, 0.05) is 21.7 Å². The third-order valence-electron chi connectivity index (χ3n) is 2.60. The highest BCUT2D eigenvalue weighted by atomic mass is 79.9. The second-order valence-corrected chi connectivity index (χ2v) is 5.76. The molecule has 0 bridgehead atoms. The van der Waals surface area contributed by atoms with Gasteiger partial charge in [-0.15, -0.1) is 0 Å². The predicted molar refractivity (Wildman–Crippen MR) is 68.7 cm³/mol. The van der Waals surface area contributed by atoms with Crippen molar-refractivity contribution >= 4 is 31.9 Å². The Bertz CT molecular complexity index is 337. The van der Waals surface area contributed by atoms with Crippen LogP contribution in [-0.2, 0) is 6.54 Å². The maximum atomic E-state index is 4.35. The fourth-order valence-electron chi connectivity index (χ4n) is 1.49. The van der Waals surface area contributed by atoms with Crippen molar-refractivity contribution in [3.63, 3.8) is 0 Å². The molecule has 1 saturated carbocycles. The molecule has 1 N–H and O–H groups in total. The average Bonchev–Trinajstić information content (AvgIpc) is 2.99. The highest BCUT2D eigenvalue weighted by Crippen LogP contribution is 2.31. The van der Waals surface area contributed by atoms with Crippen molar-refractivity contribution in [1.29, 1.82) is 0 Å². The van der Waals surface area contributed by atoms with Crippen LogP contribution < -0.4 is 5.32 Å². The van der Waals surface area contributed by atoms with Gasteiger partial charge in [-0.3, -0.25) is 4.98 Å². The number of nitrogens with zero attached hydrogens (tertiary/aromatic N) is 1. The summed E-state index contributed by atoms with van der Waals surface area (Å²) in [5, 5.41) is 3.43. The molecule has 0 unspecified atom stereocenters. The van der Waals surface area contributed by atoms with Gasteiger partial charge in [-0.05, 0) is 56.8 Å². The molecular formula is C11H14Br2N2. The number of hydrogen-bond acceptors (Lipinski definition) is 2. The van der Waals surface area contributed by atoms with Crippen LogP contribution in [0.15, 0.2) is 21.2 Å². The first kappa shape index (κ1) is 11.6. The van der Waals surface area contributed by atoms with Crippen molar-refractivity contribution < 1.29 is 0 Å². The molecule has 0 aliphatic heterocycles. The van der Waals surface area contributed by atoms with E-state index in [4.69, 9.17) is 0 Å². The number of halogens is 2. The summed E-state index contributed by atoms with van der Waals surface area (Å²) >= 11 is 6.90. The van der Waals surface area contributed by atoms with E-state index >= 15 is 0 Å². The molecule has 0 aromatic carbocycles. The van der Waals surface area contributed by atoms with E-state index in [1.807, 2.05) is 12.3 Å². The lowest BCUT2D eigenvalue weighted by Crippen LogP contribution is -2.16. The van der Waals surface area contributed by atoms with Gasteiger partial charge in [0.2, 0.25) is 0 Å². The largest absolute Gasteiger partial charge is 0.311 e. The van der Waals surface area contributed by atoms with E-state index < -0.39 is 0 Å². The first-order valence-electron chi connectivity index (χ1n) is 5.26. The summed E-state index contributed by atoms with van der Waals surface area (Å²) in [7, 11) is 0. The standard InChI is InChI=1S/C11H14Br2N2/c12-9-5-10(13)11(15-6-9)7-14-4-3-8-1-2-8/h5-6,8,14H,1-4,7H2. The Kier molecular flexibility index (Phi) is 4.17. The molecule has 0 saturated heterocycles. The van der Waals surface area contributed by atoms with Gasteiger partial charge in [-0.1, -0.05) is 12.8 Å². The lowest BCUT2D eigenvalue weighted by atomic mass is 10.3. The summed E-state index contributed by atoms with van der Waals surface area (Å²) in [5.74, 6) is 0.999. The van der Waals surface area contributed by atoms with Crippen LogP contribution in [0.4, 0.5) is 0 Å². The van der Waals surface area contributed by atoms with Crippen molar-refractivity contribution in [3.8, 4) is 0 Å². The smallest absolute Gasteiger partial charge is 0.0684 e. The van der Waals surface area contributed by atoms with E-state index in [0.717, 1.165) is 33.6 Å². The van der Waals surface area contributed by atoms with Crippen LogP contribution in [0.2, 0.25) is 0 Å². The van der Waals surface area contributed by atoms with Crippen LogP contribution in [0, 0.1) is 5.92 Å². The third kappa shape index (κ3) is 3.85. The van der Waals surface area contributed by atoms with Gasteiger partial charge in [-0.25, -0.2) is 0 Å². The minimum absolute atomic E-state index is 0.848. The number of aromatic nitrogens is 1. The van der Waals surface area contributed by atoms with E-state index in [-0.39, 0.29) is 0 Å². The molecule has 82 valence electrons. The van der Waals surface area contributed by atoms with Gasteiger partial charge >= 0.3 is 0 Å². The van der Waals surface area contributed by atoms with Crippen LogP contribution in [0.5, 0.6) is 0 Å². The first-order chi connectivity index (χ1) is 7.25. The Morgan fingerprint density at radius 1 is 1.40 bits per heavy atom. The monoisotopic (exact) mass is 332 g/mol. The molecule has 0 spiro atoms. The molecule has 1 heterocycles. The van der Waals surface area contributed by atoms with E-state index in [9.17, 15) is 0 Å². The van der Waals surface area contributed by atoms with Crippen LogP contribution in [0.25, 0.3) is 0 Å². The summed E-state index contributed by atoms with van der Waals surface area (Å²) in [5.41, 5.74) is 1.08. The maximum absolute atomic E-state index is 4.35.